The molecule has 0 spiro atoms. The Morgan fingerprint density at radius 2 is 1.96 bits per heavy atom. The number of ketones is 1. The van der Waals surface area contributed by atoms with E-state index in [1.165, 1.54) is 18.9 Å². The van der Waals surface area contributed by atoms with E-state index in [-0.39, 0.29) is 17.5 Å². The van der Waals surface area contributed by atoms with Crippen LogP contribution in [0, 0.1) is 17.7 Å². The molecule has 2 saturated carbocycles. The molecule has 130 valence electrons. The van der Waals surface area contributed by atoms with E-state index in [4.69, 9.17) is 4.74 Å². The molecule has 4 rings (SSSR count). The van der Waals surface area contributed by atoms with E-state index in [1.807, 2.05) is 0 Å². The Morgan fingerprint density at radius 1 is 1.17 bits per heavy atom. The lowest BCUT2D eigenvalue weighted by Gasteiger charge is -2.21. The van der Waals surface area contributed by atoms with Gasteiger partial charge in [0.05, 0.1) is 0 Å². The van der Waals surface area contributed by atoms with E-state index < -0.39 is 0 Å². The standard InChI is InChI=1S/C20H26FNO2/c21-18-4-3-15(20(23)9-13-5-7-24-8-6-13)10-16(18)17-11-19(17)22-12-14-1-2-14/h3-4,10,13-14,17,19,22H,1-2,5-9,11-12H2. The summed E-state index contributed by atoms with van der Waals surface area (Å²) in [6.45, 7) is 2.57. The summed E-state index contributed by atoms with van der Waals surface area (Å²) in [7, 11) is 0. The van der Waals surface area contributed by atoms with Crippen molar-refractivity contribution in [3.63, 3.8) is 0 Å². The molecule has 1 aromatic carbocycles. The molecular weight excluding hydrogens is 305 g/mol. The maximum atomic E-state index is 14.2. The van der Waals surface area contributed by atoms with Crippen LogP contribution < -0.4 is 5.32 Å². The lowest BCUT2D eigenvalue weighted by atomic mass is 9.91. The van der Waals surface area contributed by atoms with Gasteiger partial charge in [0.2, 0.25) is 0 Å². The molecule has 24 heavy (non-hydrogen) atoms. The van der Waals surface area contributed by atoms with Crippen LogP contribution in [0.1, 0.15) is 60.4 Å². The molecule has 3 aliphatic rings. The number of benzene rings is 1. The predicted molar refractivity (Wildman–Crippen MR) is 90.8 cm³/mol. The Morgan fingerprint density at radius 3 is 2.71 bits per heavy atom. The van der Waals surface area contributed by atoms with Gasteiger partial charge in [-0.2, -0.15) is 0 Å². The van der Waals surface area contributed by atoms with E-state index >= 15 is 0 Å². The molecular formula is C20H26FNO2. The van der Waals surface area contributed by atoms with E-state index in [1.54, 1.807) is 12.1 Å². The first kappa shape index (κ1) is 16.2. The lowest BCUT2D eigenvalue weighted by Crippen LogP contribution is -2.21. The van der Waals surface area contributed by atoms with Gasteiger partial charge >= 0.3 is 0 Å². The van der Waals surface area contributed by atoms with Crippen LogP contribution in [-0.4, -0.2) is 31.6 Å². The average Bonchev–Trinajstić information content (AvgIpc) is 3.49. The minimum atomic E-state index is -0.168. The number of carbonyl (C=O) groups is 1. The number of Topliss-reactive ketones (excluding diaryl/α,β-unsaturated/α-hetero) is 1. The molecule has 2 aliphatic carbocycles. The number of nitrogens with one attached hydrogen (secondary N) is 1. The molecule has 2 atom stereocenters. The highest BCUT2D eigenvalue weighted by molar-refractivity contribution is 5.96. The van der Waals surface area contributed by atoms with Crippen molar-refractivity contribution in [1.82, 2.24) is 5.32 Å². The second kappa shape index (κ2) is 6.93. The van der Waals surface area contributed by atoms with Gasteiger partial charge in [-0.25, -0.2) is 4.39 Å². The van der Waals surface area contributed by atoms with E-state index in [2.05, 4.69) is 5.32 Å². The van der Waals surface area contributed by atoms with Crippen LogP contribution in [0.15, 0.2) is 18.2 Å². The molecule has 0 bridgehead atoms. The number of ether oxygens (including phenoxy) is 1. The molecule has 2 unspecified atom stereocenters. The number of carbonyl (C=O) groups excluding carboxylic acids is 1. The van der Waals surface area contributed by atoms with Crippen molar-refractivity contribution in [3.05, 3.63) is 35.1 Å². The van der Waals surface area contributed by atoms with Crippen LogP contribution in [0.5, 0.6) is 0 Å². The maximum Gasteiger partial charge on any atom is 0.163 e. The number of rotatable bonds is 7. The monoisotopic (exact) mass is 331 g/mol. The van der Waals surface area contributed by atoms with Crippen molar-refractivity contribution in [2.45, 2.75) is 50.5 Å². The molecule has 0 amide bonds. The first-order chi connectivity index (χ1) is 11.7. The Balaban J connectivity index is 1.38. The van der Waals surface area contributed by atoms with Crippen LogP contribution in [0.3, 0.4) is 0 Å². The molecule has 1 N–H and O–H groups in total. The van der Waals surface area contributed by atoms with Crippen LogP contribution in [-0.2, 0) is 4.74 Å². The van der Waals surface area contributed by atoms with Gasteiger partial charge in [-0.15, -0.1) is 0 Å². The van der Waals surface area contributed by atoms with Gasteiger partial charge in [-0.3, -0.25) is 4.79 Å². The van der Waals surface area contributed by atoms with E-state index in [0.29, 0.717) is 23.9 Å². The van der Waals surface area contributed by atoms with Crippen molar-refractivity contribution in [3.8, 4) is 0 Å². The quantitative estimate of drug-likeness (QED) is 0.775. The summed E-state index contributed by atoms with van der Waals surface area (Å²) in [5.74, 6) is 1.46. The van der Waals surface area contributed by atoms with Gasteiger partial charge < -0.3 is 10.1 Å². The molecule has 1 aliphatic heterocycles. The summed E-state index contributed by atoms with van der Waals surface area (Å²) in [5, 5.41) is 3.54. The third kappa shape index (κ3) is 3.86. The van der Waals surface area contributed by atoms with Gasteiger partial charge in [-0.05, 0) is 74.2 Å². The van der Waals surface area contributed by atoms with Gasteiger partial charge in [0, 0.05) is 37.2 Å². The van der Waals surface area contributed by atoms with E-state index in [9.17, 15) is 9.18 Å². The fourth-order valence-corrected chi connectivity index (χ4v) is 3.74. The average molecular weight is 331 g/mol. The first-order valence-corrected chi connectivity index (χ1v) is 9.34. The van der Waals surface area contributed by atoms with Crippen molar-refractivity contribution in [2.75, 3.05) is 19.8 Å². The molecule has 0 aromatic heterocycles. The van der Waals surface area contributed by atoms with Gasteiger partial charge in [0.25, 0.3) is 0 Å². The smallest absolute Gasteiger partial charge is 0.163 e. The minimum Gasteiger partial charge on any atom is -0.381 e. The number of hydrogen-bond donors (Lipinski definition) is 1. The van der Waals surface area contributed by atoms with Crippen molar-refractivity contribution in [2.24, 2.45) is 11.8 Å². The SMILES string of the molecule is O=C(CC1CCOCC1)c1ccc(F)c(C2CC2NCC2CC2)c1. The summed E-state index contributed by atoms with van der Waals surface area (Å²) in [6.07, 6.45) is 6.11. The Bertz CT molecular complexity index is 608. The second-order valence-electron chi connectivity index (χ2n) is 7.72. The maximum absolute atomic E-state index is 14.2. The van der Waals surface area contributed by atoms with Crippen LogP contribution in [0.2, 0.25) is 0 Å². The predicted octanol–water partition coefficient (Wildman–Crippen LogP) is 3.68. The molecule has 3 fully saturated rings. The Labute approximate surface area is 143 Å². The highest BCUT2D eigenvalue weighted by Crippen LogP contribution is 2.43. The zero-order valence-electron chi connectivity index (χ0n) is 14.1. The highest BCUT2D eigenvalue weighted by Gasteiger charge is 2.40. The summed E-state index contributed by atoms with van der Waals surface area (Å²) in [6, 6.07) is 5.32. The summed E-state index contributed by atoms with van der Waals surface area (Å²) in [5.41, 5.74) is 1.40. The normalized spacial score (nSPS) is 27.2. The lowest BCUT2D eigenvalue weighted by molar-refractivity contribution is 0.0601. The van der Waals surface area contributed by atoms with Crippen molar-refractivity contribution in [1.29, 1.82) is 0 Å². The molecule has 0 radical (unpaired) electrons. The topological polar surface area (TPSA) is 38.3 Å². The fourth-order valence-electron chi connectivity index (χ4n) is 3.74. The summed E-state index contributed by atoms with van der Waals surface area (Å²) in [4.78, 5) is 12.5. The molecule has 1 saturated heterocycles. The molecule has 3 nitrogen and oxygen atoms in total. The van der Waals surface area contributed by atoms with Crippen LogP contribution in [0.4, 0.5) is 4.39 Å². The largest absolute Gasteiger partial charge is 0.381 e. The van der Waals surface area contributed by atoms with Crippen molar-refractivity contribution < 1.29 is 13.9 Å². The van der Waals surface area contributed by atoms with Gasteiger partial charge in [0.15, 0.2) is 5.78 Å². The summed E-state index contributed by atoms with van der Waals surface area (Å²) >= 11 is 0. The Kier molecular flexibility index (Phi) is 4.68. The molecule has 1 aromatic rings. The highest BCUT2D eigenvalue weighted by atomic mass is 19.1. The number of hydrogen-bond acceptors (Lipinski definition) is 3. The zero-order valence-corrected chi connectivity index (χ0v) is 14.1. The summed E-state index contributed by atoms with van der Waals surface area (Å²) < 4.78 is 19.6. The van der Waals surface area contributed by atoms with Crippen molar-refractivity contribution >= 4 is 5.78 Å². The molecule has 4 heteroatoms. The molecule has 1 heterocycles. The van der Waals surface area contributed by atoms with E-state index in [0.717, 1.165) is 50.5 Å². The fraction of sp³-hybridized carbons (Fsp3) is 0.650. The van der Waals surface area contributed by atoms with Crippen LogP contribution in [0.25, 0.3) is 0 Å². The van der Waals surface area contributed by atoms with Gasteiger partial charge in [-0.1, -0.05) is 0 Å². The zero-order chi connectivity index (χ0) is 16.5. The van der Waals surface area contributed by atoms with Crippen LogP contribution >= 0.6 is 0 Å². The third-order valence-electron chi connectivity index (χ3n) is 5.69. The Hall–Kier alpha value is -1.26. The first-order valence-electron chi connectivity index (χ1n) is 9.34. The number of halogens is 1. The van der Waals surface area contributed by atoms with Gasteiger partial charge in [0.1, 0.15) is 5.82 Å². The third-order valence-corrected chi connectivity index (χ3v) is 5.69. The second-order valence-corrected chi connectivity index (χ2v) is 7.72. The minimum absolute atomic E-state index is 0.145.